The van der Waals surface area contributed by atoms with Crippen molar-refractivity contribution in [2.45, 2.75) is 39.2 Å². The largest absolute Gasteiger partial charge is 0.303 e. The van der Waals surface area contributed by atoms with Crippen molar-refractivity contribution >= 4 is 0 Å². The highest BCUT2D eigenvalue weighted by atomic mass is 15.2. The molecular weight excluding hydrogens is 172 g/mol. The van der Waals surface area contributed by atoms with Crippen LogP contribution in [-0.4, -0.2) is 48.6 Å². The van der Waals surface area contributed by atoms with Gasteiger partial charge in [-0.15, -0.1) is 0 Å². The van der Waals surface area contributed by atoms with Gasteiger partial charge in [-0.2, -0.15) is 0 Å². The highest BCUT2D eigenvalue weighted by molar-refractivity contribution is 4.81. The Kier molecular flexibility index (Phi) is 3.45. The van der Waals surface area contributed by atoms with E-state index < -0.39 is 0 Å². The fraction of sp³-hybridized carbons (Fsp3) is 1.00. The van der Waals surface area contributed by atoms with Crippen LogP contribution < -0.4 is 0 Å². The van der Waals surface area contributed by atoms with E-state index in [0.717, 1.165) is 12.0 Å². The lowest BCUT2D eigenvalue weighted by Crippen LogP contribution is -2.31. The summed E-state index contributed by atoms with van der Waals surface area (Å²) in [5.41, 5.74) is 0. The van der Waals surface area contributed by atoms with E-state index in [1.54, 1.807) is 0 Å². The third-order valence-corrected chi connectivity index (χ3v) is 3.76. The summed E-state index contributed by atoms with van der Waals surface area (Å²) in [6.45, 7) is 11.4. The van der Waals surface area contributed by atoms with Gasteiger partial charge < -0.3 is 9.80 Å². The van der Waals surface area contributed by atoms with Gasteiger partial charge in [-0.1, -0.05) is 0 Å². The Hall–Kier alpha value is -0.0800. The van der Waals surface area contributed by atoms with Gasteiger partial charge in [0.2, 0.25) is 0 Å². The molecule has 2 heterocycles. The molecule has 14 heavy (non-hydrogen) atoms. The first kappa shape index (κ1) is 10.4. The normalized spacial score (nSPS) is 30.6. The monoisotopic (exact) mass is 196 g/mol. The van der Waals surface area contributed by atoms with Gasteiger partial charge in [0.1, 0.15) is 0 Å². The number of likely N-dealkylation sites (tertiary alicyclic amines) is 2. The number of hydrogen-bond donors (Lipinski definition) is 0. The smallest absolute Gasteiger partial charge is 0.00387 e. The van der Waals surface area contributed by atoms with Crippen LogP contribution in [0.1, 0.15) is 33.1 Å². The summed E-state index contributed by atoms with van der Waals surface area (Å²) in [4.78, 5) is 5.29. The zero-order chi connectivity index (χ0) is 9.97. The first-order valence-electron chi connectivity index (χ1n) is 6.22. The molecule has 2 rings (SSSR count). The van der Waals surface area contributed by atoms with Crippen molar-refractivity contribution in [1.82, 2.24) is 9.80 Å². The summed E-state index contributed by atoms with van der Waals surface area (Å²) in [5, 5.41) is 0. The van der Waals surface area contributed by atoms with Crippen LogP contribution in [0, 0.1) is 5.92 Å². The predicted octanol–water partition coefficient (Wildman–Crippen LogP) is 1.81. The average molecular weight is 196 g/mol. The van der Waals surface area contributed by atoms with Gasteiger partial charge >= 0.3 is 0 Å². The van der Waals surface area contributed by atoms with E-state index in [1.807, 2.05) is 0 Å². The van der Waals surface area contributed by atoms with E-state index in [9.17, 15) is 0 Å². The quantitative estimate of drug-likeness (QED) is 0.679. The molecule has 2 saturated heterocycles. The second-order valence-electron chi connectivity index (χ2n) is 5.25. The molecule has 0 aliphatic carbocycles. The summed E-state index contributed by atoms with van der Waals surface area (Å²) >= 11 is 0. The second kappa shape index (κ2) is 4.63. The Morgan fingerprint density at radius 2 is 1.86 bits per heavy atom. The molecule has 0 saturated carbocycles. The van der Waals surface area contributed by atoms with Crippen LogP contribution in [0.2, 0.25) is 0 Å². The molecule has 0 N–H and O–H groups in total. The highest BCUT2D eigenvalue weighted by Gasteiger charge is 2.26. The summed E-state index contributed by atoms with van der Waals surface area (Å²) in [6.07, 6.45) is 4.29. The van der Waals surface area contributed by atoms with E-state index in [1.165, 1.54) is 52.0 Å². The lowest BCUT2D eigenvalue weighted by Gasteiger charge is -2.22. The van der Waals surface area contributed by atoms with Crippen molar-refractivity contribution in [3.63, 3.8) is 0 Å². The van der Waals surface area contributed by atoms with Gasteiger partial charge in [0.15, 0.2) is 0 Å². The van der Waals surface area contributed by atoms with Crippen molar-refractivity contribution in [3.05, 3.63) is 0 Å². The highest BCUT2D eigenvalue weighted by Crippen LogP contribution is 2.21. The molecule has 2 aliphatic rings. The first-order valence-corrected chi connectivity index (χ1v) is 6.22. The van der Waals surface area contributed by atoms with Gasteiger partial charge in [-0.25, -0.2) is 0 Å². The summed E-state index contributed by atoms with van der Waals surface area (Å²) in [7, 11) is 0. The van der Waals surface area contributed by atoms with E-state index in [4.69, 9.17) is 0 Å². The lowest BCUT2D eigenvalue weighted by atomic mass is 10.1. The van der Waals surface area contributed by atoms with Gasteiger partial charge in [-0.3, -0.25) is 0 Å². The molecule has 2 aliphatic heterocycles. The first-order chi connectivity index (χ1) is 6.75. The van der Waals surface area contributed by atoms with Crippen LogP contribution >= 0.6 is 0 Å². The van der Waals surface area contributed by atoms with Crippen LogP contribution in [0.4, 0.5) is 0 Å². The van der Waals surface area contributed by atoms with Crippen LogP contribution in [-0.2, 0) is 0 Å². The maximum absolute atomic E-state index is 2.66. The Morgan fingerprint density at radius 3 is 2.43 bits per heavy atom. The Morgan fingerprint density at radius 1 is 1.14 bits per heavy atom. The number of rotatable bonds is 3. The maximum atomic E-state index is 2.66. The summed E-state index contributed by atoms with van der Waals surface area (Å²) in [5.74, 6) is 0.954. The molecule has 82 valence electrons. The van der Waals surface area contributed by atoms with Gasteiger partial charge in [0, 0.05) is 19.1 Å². The van der Waals surface area contributed by atoms with Crippen LogP contribution in [0.5, 0.6) is 0 Å². The minimum absolute atomic E-state index is 0.749. The zero-order valence-corrected chi connectivity index (χ0v) is 9.71. The summed E-state index contributed by atoms with van der Waals surface area (Å²) < 4.78 is 0. The Balaban J connectivity index is 1.72. The van der Waals surface area contributed by atoms with E-state index in [-0.39, 0.29) is 0 Å². The van der Waals surface area contributed by atoms with Crippen molar-refractivity contribution in [2.75, 3.05) is 32.7 Å². The molecule has 0 aromatic rings. The SMILES string of the molecule is CC(C)N1CCC(CN2CCCC2)C1. The van der Waals surface area contributed by atoms with Crippen LogP contribution in [0.15, 0.2) is 0 Å². The molecule has 0 radical (unpaired) electrons. The topological polar surface area (TPSA) is 6.48 Å². The lowest BCUT2D eigenvalue weighted by molar-refractivity contribution is 0.238. The van der Waals surface area contributed by atoms with Crippen molar-refractivity contribution < 1.29 is 0 Å². The van der Waals surface area contributed by atoms with E-state index in [0.29, 0.717) is 0 Å². The zero-order valence-electron chi connectivity index (χ0n) is 9.71. The Bertz CT molecular complexity index is 173. The third-order valence-electron chi connectivity index (χ3n) is 3.76. The molecular formula is C12H24N2. The third kappa shape index (κ3) is 2.48. The number of nitrogens with zero attached hydrogens (tertiary/aromatic N) is 2. The van der Waals surface area contributed by atoms with Gasteiger partial charge in [0.25, 0.3) is 0 Å². The van der Waals surface area contributed by atoms with Gasteiger partial charge in [-0.05, 0) is 58.7 Å². The molecule has 0 bridgehead atoms. The molecule has 0 aromatic carbocycles. The molecule has 2 fully saturated rings. The fourth-order valence-electron chi connectivity index (χ4n) is 2.81. The molecule has 1 unspecified atom stereocenters. The van der Waals surface area contributed by atoms with E-state index in [2.05, 4.69) is 23.6 Å². The van der Waals surface area contributed by atoms with Gasteiger partial charge in [0.05, 0.1) is 0 Å². The molecule has 0 aromatic heterocycles. The molecule has 2 nitrogen and oxygen atoms in total. The average Bonchev–Trinajstić information content (AvgIpc) is 2.75. The van der Waals surface area contributed by atoms with Crippen LogP contribution in [0.25, 0.3) is 0 Å². The minimum Gasteiger partial charge on any atom is -0.303 e. The predicted molar refractivity (Wildman–Crippen MR) is 60.5 cm³/mol. The Labute approximate surface area is 88.3 Å². The van der Waals surface area contributed by atoms with Crippen molar-refractivity contribution in [1.29, 1.82) is 0 Å². The fourth-order valence-corrected chi connectivity index (χ4v) is 2.81. The molecule has 0 amide bonds. The van der Waals surface area contributed by atoms with E-state index >= 15 is 0 Å². The molecule has 1 atom stereocenters. The minimum atomic E-state index is 0.749. The van der Waals surface area contributed by atoms with Crippen molar-refractivity contribution in [3.8, 4) is 0 Å². The second-order valence-corrected chi connectivity index (χ2v) is 5.25. The summed E-state index contributed by atoms with van der Waals surface area (Å²) in [6, 6.07) is 0.749. The maximum Gasteiger partial charge on any atom is 0.00387 e. The number of hydrogen-bond acceptors (Lipinski definition) is 2. The standard InChI is InChI=1S/C12H24N2/c1-11(2)14-8-5-12(10-14)9-13-6-3-4-7-13/h11-12H,3-10H2,1-2H3. The van der Waals surface area contributed by atoms with Crippen molar-refractivity contribution in [2.24, 2.45) is 5.92 Å². The van der Waals surface area contributed by atoms with Crippen LogP contribution in [0.3, 0.4) is 0 Å². The molecule has 0 spiro atoms. The molecule has 2 heteroatoms.